The fourth-order valence-electron chi connectivity index (χ4n) is 2.75. The van der Waals surface area contributed by atoms with Crippen LogP contribution in [-0.2, 0) is 11.2 Å². The number of phenolic OH excluding ortho intramolecular Hbond substituents is 1. The van der Waals surface area contributed by atoms with Gasteiger partial charge in [0.05, 0.1) is 11.4 Å². The van der Waals surface area contributed by atoms with Crippen LogP contribution < -0.4 is 11.1 Å². The van der Waals surface area contributed by atoms with Gasteiger partial charge in [0.15, 0.2) is 0 Å². The van der Waals surface area contributed by atoms with E-state index in [0.717, 1.165) is 11.1 Å². The van der Waals surface area contributed by atoms with Gasteiger partial charge in [0.25, 0.3) is 0 Å². The molecule has 2 aromatic rings. The molecule has 29 heavy (non-hydrogen) atoms. The molecule has 0 aromatic heterocycles. The first-order valence-corrected chi connectivity index (χ1v) is 9.62. The van der Waals surface area contributed by atoms with E-state index in [1.54, 1.807) is 31.2 Å². The summed E-state index contributed by atoms with van der Waals surface area (Å²) < 4.78 is 0. The number of amides is 1. The van der Waals surface area contributed by atoms with Crippen LogP contribution in [-0.4, -0.2) is 16.8 Å². The van der Waals surface area contributed by atoms with Gasteiger partial charge in [-0.15, -0.1) is 0 Å². The first-order chi connectivity index (χ1) is 13.8. The number of benzene rings is 2. The molecule has 0 fully saturated rings. The molecule has 0 saturated heterocycles. The van der Waals surface area contributed by atoms with E-state index in [1.807, 2.05) is 44.2 Å². The molecule has 0 radical (unpaired) electrons. The number of carbonyl (C=O) groups excluding carboxylic acids is 1. The maximum absolute atomic E-state index is 12.4. The largest absolute Gasteiger partial charge is 0.508 e. The predicted molar refractivity (Wildman–Crippen MR) is 119 cm³/mol. The minimum Gasteiger partial charge on any atom is -0.508 e. The third kappa shape index (κ3) is 6.96. The number of hydrogen-bond acceptors (Lipinski definition) is 4. The van der Waals surface area contributed by atoms with Crippen LogP contribution in [0.25, 0.3) is 5.70 Å². The van der Waals surface area contributed by atoms with Gasteiger partial charge in [-0.25, -0.2) is 4.99 Å². The number of allylic oxidation sites excluding steroid dienone is 1. The van der Waals surface area contributed by atoms with Crippen molar-refractivity contribution < 1.29 is 9.90 Å². The zero-order chi connectivity index (χ0) is 21.4. The Morgan fingerprint density at radius 2 is 1.76 bits per heavy atom. The summed E-state index contributed by atoms with van der Waals surface area (Å²) in [6.45, 7) is 9.90. The summed E-state index contributed by atoms with van der Waals surface area (Å²) in [6, 6.07) is 16.5. The number of phenols is 1. The highest BCUT2D eigenvalue weighted by molar-refractivity contribution is 6.08. The standard InChI is InChI=1S/C24H29N3O2/c1-16(2)14-22(29)27-24(17(3)15-19-8-6-5-7-9-19)26-18(4)23(25)20-10-12-21(28)13-11-20/h5-13,16,28H,3,14-15,25H2,1-2,4H3,(H,26,27,29)/b23-18-. The van der Waals surface area contributed by atoms with Crippen molar-refractivity contribution in [1.29, 1.82) is 0 Å². The Hall–Kier alpha value is -3.34. The lowest BCUT2D eigenvalue weighted by Crippen LogP contribution is -2.33. The van der Waals surface area contributed by atoms with Crippen LogP contribution >= 0.6 is 0 Å². The molecule has 2 aromatic carbocycles. The third-order valence-electron chi connectivity index (χ3n) is 4.29. The van der Waals surface area contributed by atoms with E-state index >= 15 is 0 Å². The van der Waals surface area contributed by atoms with Crippen molar-refractivity contribution in [2.75, 3.05) is 0 Å². The highest BCUT2D eigenvalue weighted by atomic mass is 16.3. The summed E-state index contributed by atoms with van der Waals surface area (Å²) in [5.74, 6) is 0.709. The molecule has 0 aliphatic carbocycles. The molecular formula is C24H29N3O2. The Balaban J connectivity index is 2.33. The zero-order valence-corrected chi connectivity index (χ0v) is 17.3. The second kappa shape index (κ2) is 10.3. The first kappa shape index (κ1) is 22.0. The summed E-state index contributed by atoms with van der Waals surface area (Å²) >= 11 is 0. The maximum atomic E-state index is 12.4. The number of carbonyl (C=O) groups is 1. The lowest BCUT2D eigenvalue weighted by Gasteiger charge is -2.14. The molecule has 152 valence electrons. The summed E-state index contributed by atoms with van der Waals surface area (Å²) in [5, 5.41) is 12.4. The summed E-state index contributed by atoms with van der Waals surface area (Å²) in [6.07, 6.45) is 0.960. The molecule has 5 heteroatoms. The number of rotatable bonds is 7. The highest BCUT2D eigenvalue weighted by Gasteiger charge is 2.13. The Kier molecular flexibility index (Phi) is 7.78. The van der Waals surface area contributed by atoms with Crippen molar-refractivity contribution in [2.45, 2.75) is 33.6 Å². The predicted octanol–water partition coefficient (Wildman–Crippen LogP) is 4.40. The van der Waals surface area contributed by atoms with Gasteiger partial charge in [-0.2, -0.15) is 0 Å². The van der Waals surface area contributed by atoms with E-state index in [2.05, 4.69) is 16.9 Å². The quantitative estimate of drug-likeness (QED) is 0.483. The van der Waals surface area contributed by atoms with Crippen LogP contribution in [0.2, 0.25) is 0 Å². The molecule has 0 spiro atoms. The molecule has 0 bridgehead atoms. The van der Waals surface area contributed by atoms with E-state index in [-0.39, 0.29) is 17.6 Å². The van der Waals surface area contributed by atoms with Crippen molar-refractivity contribution in [1.82, 2.24) is 5.32 Å². The number of aliphatic imine (C=N–C) groups is 1. The minimum atomic E-state index is -0.107. The van der Waals surface area contributed by atoms with E-state index in [9.17, 15) is 9.90 Å². The van der Waals surface area contributed by atoms with Gasteiger partial charge < -0.3 is 16.2 Å². The van der Waals surface area contributed by atoms with Crippen LogP contribution in [0.4, 0.5) is 0 Å². The van der Waals surface area contributed by atoms with Crippen molar-refractivity contribution in [3.05, 3.63) is 83.6 Å². The van der Waals surface area contributed by atoms with Gasteiger partial charge in [-0.1, -0.05) is 50.8 Å². The maximum Gasteiger partial charge on any atom is 0.225 e. The second-order valence-corrected chi connectivity index (χ2v) is 7.42. The van der Waals surface area contributed by atoms with Gasteiger partial charge in [0.1, 0.15) is 11.6 Å². The van der Waals surface area contributed by atoms with E-state index in [0.29, 0.717) is 35.6 Å². The third-order valence-corrected chi connectivity index (χ3v) is 4.29. The van der Waals surface area contributed by atoms with Gasteiger partial charge in [-0.3, -0.25) is 4.79 Å². The number of nitrogens with one attached hydrogen (secondary N) is 1. The van der Waals surface area contributed by atoms with E-state index in [4.69, 9.17) is 5.73 Å². The topological polar surface area (TPSA) is 87.7 Å². The molecule has 2 rings (SSSR count). The molecule has 0 saturated carbocycles. The highest BCUT2D eigenvalue weighted by Crippen LogP contribution is 2.18. The Morgan fingerprint density at radius 1 is 1.14 bits per heavy atom. The summed E-state index contributed by atoms with van der Waals surface area (Å²) in [4.78, 5) is 17.0. The summed E-state index contributed by atoms with van der Waals surface area (Å²) in [7, 11) is 0. The second-order valence-electron chi connectivity index (χ2n) is 7.42. The number of aromatic hydroxyl groups is 1. The van der Waals surface area contributed by atoms with Crippen molar-refractivity contribution >= 4 is 17.4 Å². The molecular weight excluding hydrogens is 362 g/mol. The Bertz CT molecular complexity index is 911. The molecule has 5 nitrogen and oxygen atoms in total. The van der Waals surface area contributed by atoms with Gasteiger partial charge in [0, 0.05) is 12.8 Å². The fourth-order valence-corrected chi connectivity index (χ4v) is 2.75. The zero-order valence-electron chi connectivity index (χ0n) is 17.3. The van der Waals surface area contributed by atoms with Crippen molar-refractivity contribution in [2.24, 2.45) is 16.6 Å². The minimum absolute atomic E-state index is 0.107. The molecule has 0 aliphatic heterocycles. The monoisotopic (exact) mass is 391 g/mol. The Morgan fingerprint density at radius 3 is 2.34 bits per heavy atom. The SMILES string of the molecule is C=C(Cc1ccccc1)C(=N/C(C)=C(\N)c1ccc(O)cc1)NC(=O)CC(C)C. The lowest BCUT2D eigenvalue weighted by atomic mass is 10.0. The average Bonchev–Trinajstić information content (AvgIpc) is 2.67. The van der Waals surface area contributed by atoms with Crippen molar-refractivity contribution in [3.63, 3.8) is 0 Å². The van der Waals surface area contributed by atoms with Crippen molar-refractivity contribution in [3.8, 4) is 5.75 Å². The van der Waals surface area contributed by atoms with Crippen LogP contribution in [0.15, 0.2) is 77.4 Å². The van der Waals surface area contributed by atoms with Gasteiger partial charge in [0.2, 0.25) is 5.91 Å². The molecule has 0 heterocycles. The van der Waals surface area contributed by atoms with Crippen LogP contribution in [0.5, 0.6) is 5.75 Å². The normalized spacial score (nSPS) is 12.5. The number of nitrogens with two attached hydrogens (primary N) is 1. The fraction of sp³-hybridized carbons (Fsp3) is 0.250. The molecule has 0 aliphatic rings. The smallest absolute Gasteiger partial charge is 0.225 e. The number of amidine groups is 1. The van der Waals surface area contributed by atoms with E-state index < -0.39 is 0 Å². The van der Waals surface area contributed by atoms with Crippen LogP contribution in [0.1, 0.15) is 38.3 Å². The number of nitrogens with zero attached hydrogens (tertiary/aromatic N) is 1. The molecule has 1 amide bonds. The summed E-state index contributed by atoms with van der Waals surface area (Å²) in [5.41, 5.74) is 9.80. The first-order valence-electron chi connectivity index (χ1n) is 9.62. The van der Waals surface area contributed by atoms with Crippen LogP contribution in [0, 0.1) is 5.92 Å². The molecule has 0 atom stereocenters. The lowest BCUT2D eigenvalue weighted by molar-refractivity contribution is -0.120. The van der Waals surface area contributed by atoms with Gasteiger partial charge >= 0.3 is 0 Å². The average molecular weight is 392 g/mol. The van der Waals surface area contributed by atoms with Crippen LogP contribution in [0.3, 0.4) is 0 Å². The van der Waals surface area contributed by atoms with Gasteiger partial charge in [-0.05, 0) is 53.8 Å². The molecule has 0 unspecified atom stereocenters. The molecule has 4 N–H and O–H groups in total. The van der Waals surface area contributed by atoms with E-state index in [1.165, 1.54) is 0 Å². The Labute approximate surface area is 172 Å². The number of hydrogen-bond donors (Lipinski definition) is 3.